The highest BCUT2D eigenvalue weighted by Crippen LogP contribution is 2.07. The molecule has 0 aliphatic heterocycles. The SMILES string of the molecule is CN(Cc1ccncc1)C(=O)c1cc(C#N)ccn1. The van der Waals surface area contributed by atoms with Crippen molar-refractivity contribution in [2.75, 3.05) is 7.05 Å². The summed E-state index contributed by atoms with van der Waals surface area (Å²) in [6.45, 7) is 0.472. The van der Waals surface area contributed by atoms with E-state index in [0.29, 0.717) is 12.1 Å². The lowest BCUT2D eigenvalue weighted by atomic mass is 10.2. The fourth-order valence-corrected chi connectivity index (χ4v) is 1.65. The summed E-state index contributed by atoms with van der Waals surface area (Å²) >= 11 is 0. The first kappa shape index (κ1) is 12.7. The van der Waals surface area contributed by atoms with Gasteiger partial charge in [-0.2, -0.15) is 5.26 Å². The summed E-state index contributed by atoms with van der Waals surface area (Å²) in [5.41, 5.74) is 1.69. The molecule has 0 unspecified atom stereocenters. The van der Waals surface area contributed by atoms with Crippen LogP contribution in [-0.4, -0.2) is 27.8 Å². The molecule has 2 aromatic heterocycles. The zero-order valence-electron chi connectivity index (χ0n) is 10.4. The van der Waals surface area contributed by atoms with Gasteiger partial charge in [0.25, 0.3) is 5.91 Å². The van der Waals surface area contributed by atoms with E-state index in [4.69, 9.17) is 5.26 Å². The van der Waals surface area contributed by atoms with Gasteiger partial charge in [0.1, 0.15) is 5.69 Å². The molecule has 0 spiro atoms. The minimum atomic E-state index is -0.214. The zero-order chi connectivity index (χ0) is 13.7. The van der Waals surface area contributed by atoms with E-state index in [9.17, 15) is 4.79 Å². The van der Waals surface area contributed by atoms with Crippen molar-refractivity contribution >= 4 is 5.91 Å². The summed E-state index contributed by atoms with van der Waals surface area (Å²) in [5, 5.41) is 8.81. The van der Waals surface area contributed by atoms with Crippen molar-refractivity contribution in [3.63, 3.8) is 0 Å². The summed E-state index contributed by atoms with van der Waals surface area (Å²) < 4.78 is 0. The van der Waals surface area contributed by atoms with Crippen molar-refractivity contribution in [1.82, 2.24) is 14.9 Å². The second kappa shape index (κ2) is 5.74. The van der Waals surface area contributed by atoms with Crippen LogP contribution in [0.15, 0.2) is 42.9 Å². The molecule has 0 radical (unpaired) electrons. The van der Waals surface area contributed by atoms with Gasteiger partial charge >= 0.3 is 0 Å². The summed E-state index contributed by atoms with van der Waals surface area (Å²) in [7, 11) is 1.70. The topological polar surface area (TPSA) is 69.9 Å². The lowest BCUT2D eigenvalue weighted by Gasteiger charge is -2.16. The van der Waals surface area contributed by atoms with Gasteiger partial charge in [0.05, 0.1) is 11.6 Å². The molecule has 19 heavy (non-hydrogen) atoms. The molecule has 0 saturated heterocycles. The normalized spacial score (nSPS) is 9.68. The third kappa shape index (κ3) is 3.13. The molecule has 0 N–H and O–H groups in total. The molecule has 0 aliphatic carbocycles. The molecule has 1 amide bonds. The number of amides is 1. The van der Waals surface area contributed by atoms with Crippen LogP contribution in [0.25, 0.3) is 0 Å². The Bertz CT molecular complexity index is 619. The van der Waals surface area contributed by atoms with Gasteiger partial charge in [-0.3, -0.25) is 14.8 Å². The van der Waals surface area contributed by atoms with Crippen molar-refractivity contribution < 1.29 is 4.79 Å². The third-order valence-corrected chi connectivity index (χ3v) is 2.62. The van der Waals surface area contributed by atoms with E-state index in [1.165, 1.54) is 12.3 Å². The molecule has 0 bridgehead atoms. The predicted molar refractivity (Wildman–Crippen MR) is 69.0 cm³/mol. The molecule has 5 nitrogen and oxygen atoms in total. The minimum absolute atomic E-state index is 0.214. The van der Waals surface area contributed by atoms with Crippen LogP contribution in [-0.2, 0) is 6.54 Å². The smallest absolute Gasteiger partial charge is 0.272 e. The van der Waals surface area contributed by atoms with Gasteiger partial charge in [0, 0.05) is 32.2 Å². The van der Waals surface area contributed by atoms with Crippen molar-refractivity contribution in [3.8, 4) is 6.07 Å². The average molecular weight is 252 g/mol. The van der Waals surface area contributed by atoms with Crippen LogP contribution in [0, 0.1) is 11.3 Å². The molecule has 5 heteroatoms. The second-order valence-corrected chi connectivity index (χ2v) is 4.06. The van der Waals surface area contributed by atoms with E-state index in [0.717, 1.165) is 5.56 Å². The van der Waals surface area contributed by atoms with Crippen molar-refractivity contribution in [2.45, 2.75) is 6.54 Å². The molecular weight excluding hydrogens is 240 g/mol. The molecule has 2 rings (SSSR count). The Morgan fingerprint density at radius 1 is 1.32 bits per heavy atom. The maximum absolute atomic E-state index is 12.2. The van der Waals surface area contributed by atoms with E-state index in [1.54, 1.807) is 30.4 Å². The predicted octanol–water partition coefficient (Wildman–Crippen LogP) is 1.62. The monoisotopic (exact) mass is 252 g/mol. The third-order valence-electron chi connectivity index (χ3n) is 2.62. The standard InChI is InChI=1S/C14H12N4O/c1-18(10-11-2-5-16-6-3-11)14(19)13-8-12(9-15)4-7-17-13/h2-8H,10H2,1H3. The van der Waals surface area contributed by atoms with Crippen LogP contribution in [0.2, 0.25) is 0 Å². The number of hydrogen-bond acceptors (Lipinski definition) is 4. The number of carbonyl (C=O) groups is 1. The lowest BCUT2D eigenvalue weighted by Crippen LogP contribution is -2.27. The molecule has 2 aromatic rings. The fourth-order valence-electron chi connectivity index (χ4n) is 1.65. The van der Waals surface area contributed by atoms with Gasteiger partial charge < -0.3 is 4.90 Å². The molecule has 0 aromatic carbocycles. The number of hydrogen-bond donors (Lipinski definition) is 0. The Labute approximate surface area is 111 Å². The van der Waals surface area contributed by atoms with Crippen molar-refractivity contribution in [3.05, 3.63) is 59.7 Å². The Balaban J connectivity index is 2.13. The van der Waals surface area contributed by atoms with E-state index in [1.807, 2.05) is 18.2 Å². The first-order valence-electron chi connectivity index (χ1n) is 5.71. The van der Waals surface area contributed by atoms with Gasteiger partial charge in [-0.15, -0.1) is 0 Å². The van der Waals surface area contributed by atoms with Crippen LogP contribution < -0.4 is 0 Å². The number of pyridine rings is 2. The van der Waals surface area contributed by atoms with Gasteiger partial charge in [0.2, 0.25) is 0 Å². The number of rotatable bonds is 3. The first-order valence-corrected chi connectivity index (χ1v) is 5.71. The fraction of sp³-hybridized carbons (Fsp3) is 0.143. The summed E-state index contributed by atoms with van der Waals surface area (Å²) in [5.74, 6) is -0.214. The molecule has 0 fully saturated rings. The van der Waals surface area contributed by atoms with Crippen LogP contribution >= 0.6 is 0 Å². The van der Waals surface area contributed by atoms with Crippen LogP contribution in [0.3, 0.4) is 0 Å². The van der Waals surface area contributed by atoms with E-state index >= 15 is 0 Å². The highest BCUT2D eigenvalue weighted by atomic mass is 16.2. The second-order valence-electron chi connectivity index (χ2n) is 4.06. The highest BCUT2D eigenvalue weighted by Gasteiger charge is 2.13. The maximum atomic E-state index is 12.2. The van der Waals surface area contributed by atoms with Gasteiger partial charge in [-0.25, -0.2) is 0 Å². The molecule has 94 valence electrons. The lowest BCUT2D eigenvalue weighted by molar-refractivity contribution is 0.0779. The quantitative estimate of drug-likeness (QED) is 0.832. The molecule has 0 aliphatic rings. The number of carbonyl (C=O) groups excluding carboxylic acids is 1. The zero-order valence-corrected chi connectivity index (χ0v) is 10.4. The van der Waals surface area contributed by atoms with Crippen LogP contribution in [0.4, 0.5) is 0 Å². The summed E-state index contributed by atoms with van der Waals surface area (Å²) in [4.78, 5) is 21.6. The van der Waals surface area contributed by atoms with E-state index in [-0.39, 0.29) is 11.6 Å². The molecule has 2 heterocycles. The number of nitriles is 1. The Morgan fingerprint density at radius 3 is 2.74 bits per heavy atom. The van der Waals surface area contributed by atoms with Gasteiger partial charge in [-0.05, 0) is 29.8 Å². The maximum Gasteiger partial charge on any atom is 0.272 e. The number of aromatic nitrogens is 2. The Morgan fingerprint density at radius 2 is 2.05 bits per heavy atom. The largest absolute Gasteiger partial charge is 0.336 e. The van der Waals surface area contributed by atoms with Crippen molar-refractivity contribution in [1.29, 1.82) is 5.26 Å². The molecule has 0 saturated carbocycles. The van der Waals surface area contributed by atoms with Crippen molar-refractivity contribution in [2.24, 2.45) is 0 Å². The summed E-state index contributed by atoms with van der Waals surface area (Å²) in [6, 6.07) is 8.75. The van der Waals surface area contributed by atoms with Crippen LogP contribution in [0.1, 0.15) is 21.6 Å². The van der Waals surface area contributed by atoms with Gasteiger partial charge in [0.15, 0.2) is 0 Å². The summed E-state index contributed by atoms with van der Waals surface area (Å²) in [6.07, 6.45) is 4.83. The minimum Gasteiger partial charge on any atom is -0.336 e. The highest BCUT2D eigenvalue weighted by molar-refractivity contribution is 5.92. The first-order chi connectivity index (χ1) is 9.20. The average Bonchev–Trinajstić information content (AvgIpc) is 2.47. The molecular formula is C14H12N4O. The Kier molecular flexibility index (Phi) is 3.84. The Hall–Kier alpha value is -2.74. The number of nitrogens with zero attached hydrogens (tertiary/aromatic N) is 4. The van der Waals surface area contributed by atoms with Gasteiger partial charge in [-0.1, -0.05) is 0 Å². The van der Waals surface area contributed by atoms with E-state index < -0.39 is 0 Å². The van der Waals surface area contributed by atoms with Crippen LogP contribution in [0.5, 0.6) is 0 Å². The van der Waals surface area contributed by atoms with E-state index in [2.05, 4.69) is 9.97 Å². The molecule has 0 atom stereocenters.